The second kappa shape index (κ2) is 8.68. The monoisotopic (exact) mass is 439 g/mol. The van der Waals surface area contributed by atoms with Gasteiger partial charge in [0.2, 0.25) is 0 Å². The summed E-state index contributed by atoms with van der Waals surface area (Å²) in [6.45, 7) is 1.52. The van der Waals surface area contributed by atoms with E-state index in [0.29, 0.717) is 37.9 Å². The lowest BCUT2D eigenvalue weighted by Gasteiger charge is -2.47. The first-order chi connectivity index (χ1) is 14.7. The van der Waals surface area contributed by atoms with Crippen LogP contribution in [-0.4, -0.2) is 48.2 Å². The number of piperidine rings is 1. The Labute approximate surface area is 180 Å². The molecule has 0 aromatic heterocycles. The summed E-state index contributed by atoms with van der Waals surface area (Å²) in [4.78, 5) is 1.91. The molecule has 7 heteroatoms. The molecule has 1 atom stereocenters. The summed E-state index contributed by atoms with van der Waals surface area (Å²) < 4.78 is 60.5. The average Bonchev–Trinajstić information content (AvgIpc) is 2.70. The highest BCUT2D eigenvalue weighted by Gasteiger charge is 2.58. The number of nitrogens with zero attached hydrogens (tertiary/aromatic N) is 1. The third-order valence-corrected chi connectivity index (χ3v) is 7.01. The van der Waals surface area contributed by atoms with Crippen molar-refractivity contribution >= 4 is 5.57 Å². The molecular weight excluding hydrogens is 410 g/mol. The van der Waals surface area contributed by atoms with Gasteiger partial charge in [-0.15, -0.1) is 0 Å². The molecule has 1 aromatic rings. The van der Waals surface area contributed by atoms with Crippen molar-refractivity contribution in [3.8, 4) is 0 Å². The van der Waals surface area contributed by atoms with Crippen LogP contribution in [0, 0.1) is 11.3 Å². The van der Waals surface area contributed by atoms with Crippen molar-refractivity contribution in [2.75, 3.05) is 26.2 Å². The van der Waals surface area contributed by atoms with Crippen LogP contribution in [0.15, 0.2) is 48.3 Å². The van der Waals surface area contributed by atoms with Gasteiger partial charge in [0.1, 0.15) is 5.83 Å². The SMILES string of the molecule is OC1(OCC2CCN(CC3(C(F)(F)F)CCC3)CC2)C=CC(c2ccccc2)=C(F)C1. The van der Waals surface area contributed by atoms with E-state index < -0.39 is 23.2 Å². The molecule has 1 unspecified atom stereocenters. The zero-order chi connectivity index (χ0) is 22.1. The third kappa shape index (κ3) is 4.89. The molecule has 0 radical (unpaired) electrons. The number of rotatable bonds is 6. The second-order valence-corrected chi connectivity index (χ2v) is 9.20. The predicted molar refractivity (Wildman–Crippen MR) is 111 cm³/mol. The summed E-state index contributed by atoms with van der Waals surface area (Å²) in [5.41, 5.74) is -0.343. The zero-order valence-electron chi connectivity index (χ0n) is 17.5. The molecule has 1 heterocycles. The molecule has 1 saturated carbocycles. The Morgan fingerprint density at radius 3 is 2.32 bits per heavy atom. The van der Waals surface area contributed by atoms with Crippen molar-refractivity contribution in [1.29, 1.82) is 0 Å². The van der Waals surface area contributed by atoms with Gasteiger partial charge in [-0.25, -0.2) is 4.39 Å². The first-order valence-electron chi connectivity index (χ1n) is 11.0. The van der Waals surface area contributed by atoms with Crippen molar-refractivity contribution in [2.24, 2.45) is 11.3 Å². The zero-order valence-corrected chi connectivity index (χ0v) is 17.5. The molecule has 0 spiro atoms. The lowest BCUT2D eigenvalue weighted by molar-refractivity contribution is -0.257. The van der Waals surface area contributed by atoms with Crippen LogP contribution >= 0.6 is 0 Å². The van der Waals surface area contributed by atoms with E-state index in [9.17, 15) is 22.7 Å². The number of hydrogen-bond donors (Lipinski definition) is 1. The minimum absolute atomic E-state index is 0.0784. The maximum Gasteiger partial charge on any atom is 0.395 e. The number of benzene rings is 1. The minimum atomic E-state index is -4.14. The second-order valence-electron chi connectivity index (χ2n) is 9.20. The van der Waals surface area contributed by atoms with Crippen molar-refractivity contribution in [2.45, 2.75) is 50.5 Å². The smallest absolute Gasteiger partial charge is 0.362 e. The van der Waals surface area contributed by atoms with Gasteiger partial charge < -0.3 is 14.7 Å². The first-order valence-corrected chi connectivity index (χ1v) is 11.0. The van der Waals surface area contributed by atoms with Crippen LogP contribution in [0.2, 0.25) is 0 Å². The molecule has 1 N–H and O–H groups in total. The van der Waals surface area contributed by atoms with Crippen LogP contribution in [0.4, 0.5) is 17.6 Å². The number of allylic oxidation sites excluding steroid dienone is 2. The van der Waals surface area contributed by atoms with E-state index in [1.807, 2.05) is 35.2 Å². The standard InChI is InChI=1S/C24H29F4NO2/c25-21-15-23(30,12-7-20(21)19-5-2-1-3-6-19)31-16-18-8-13-29(14-9-18)17-22(10-4-11-22)24(26,27)28/h1-3,5-7,12,18,30H,4,8-11,13-17H2. The van der Waals surface area contributed by atoms with Gasteiger partial charge in [-0.2, -0.15) is 13.2 Å². The van der Waals surface area contributed by atoms with Crippen LogP contribution in [0.25, 0.3) is 5.57 Å². The number of aliphatic hydroxyl groups is 1. The van der Waals surface area contributed by atoms with Crippen molar-refractivity contribution < 1.29 is 27.4 Å². The molecule has 31 heavy (non-hydrogen) atoms. The summed E-state index contributed by atoms with van der Waals surface area (Å²) in [5, 5.41) is 10.7. The lowest BCUT2D eigenvalue weighted by Crippen LogP contribution is -2.53. The lowest BCUT2D eigenvalue weighted by atomic mass is 9.67. The summed E-state index contributed by atoms with van der Waals surface area (Å²) in [7, 11) is 0. The fraction of sp³-hybridized carbons (Fsp3) is 0.583. The highest BCUT2D eigenvalue weighted by molar-refractivity contribution is 5.76. The molecular formula is C24H29F4NO2. The van der Waals surface area contributed by atoms with Crippen LogP contribution in [0.1, 0.15) is 44.1 Å². The van der Waals surface area contributed by atoms with Crippen LogP contribution in [0.5, 0.6) is 0 Å². The van der Waals surface area contributed by atoms with E-state index >= 15 is 0 Å². The molecule has 1 aliphatic heterocycles. The molecule has 4 rings (SSSR count). The van der Waals surface area contributed by atoms with Crippen LogP contribution in [-0.2, 0) is 4.74 Å². The fourth-order valence-electron chi connectivity index (χ4n) is 4.79. The van der Waals surface area contributed by atoms with Crippen molar-refractivity contribution in [3.05, 3.63) is 53.9 Å². The van der Waals surface area contributed by atoms with Gasteiger partial charge in [-0.3, -0.25) is 0 Å². The molecule has 2 fully saturated rings. The van der Waals surface area contributed by atoms with E-state index in [4.69, 9.17) is 4.74 Å². The molecule has 0 bridgehead atoms. The summed E-state index contributed by atoms with van der Waals surface area (Å²) in [6, 6.07) is 9.13. The van der Waals surface area contributed by atoms with E-state index in [-0.39, 0.29) is 38.3 Å². The molecule has 0 amide bonds. The number of hydrogen-bond acceptors (Lipinski definition) is 3. The van der Waals surface area contributed by atoms with E-state index in [1.165, 1.54) is 6.08 Å². The summed E-state index contributed by atoms with van der Waals surface area (Å²) in [6.07, 6.45) is 1.16. The predicted octanol–water partition coefficient (Wildman–Crippen LogP) is 5.48. The molecule has 1 saturated heterocycles. The Hall–Kier alpha value is -1.70. The molecule has 2 aliphatic carbocycles. The third-order valence-electron chi connectivity index (χ3n) is 7.01. The van der Waals surface area contributed by atoms with Gasteiger partial charge in [-0.05, 0) is 56.3 Å². The highest BCUT2D eigenvalue weighted by atomic mass is 19.4. The number of alkyl halides is 3. The quantitative estimate of drug-likeness (QED) is 0.471. The van der Waals surface area contributed by atoms with Gasteiger partial charge in [0.25, 0.3) is 0 Å². The largest absolute Gasteiger partial charge is 0.395 e. The number of halogens is 4. The van der Waals surface area contributed by atoms with Gasteiger partial charge in [0.05, 0.1) is 18.4 Å². The van der Waals surface area contributed by atoms with Crippen molar-refractivity contribution in [1.82, 2.24) is 4.90 Å². The topological polar surface area (TPSA) is 32.7 Å². The van der Waals surface area contributed by atoms with Crippen LogP contribution in [0.3, 0.4) is 0 Å². The van der Waals surface area contributed by atoms with E-state index in [0.717, 1.165) is 5.56 Å². The molecule has 3 nitrogen and oxygen atoms in total. The Morgan fingerprint density at radius 1 is 1.10 bits per heavy atom. The Kier molecular flexibility index (Phi) is 6.30. The van der Waals surface area contributed by atoms with E-state index in [2.05, 4.69) is 0 Å². The van der Waals surface area contributed by atoms with E-state index in [1.54, 1.807) is 6.08 Å². The first kappa shape index (κ1) is 22.5. The van der Waals surface area contributed by atoms with Gasteiger partial charge in [0, 0.05) is 12.1 Å². The minimum Gasteiger partial charge on any atom is -0.362 e. The molecule has 1 aromatic carbocycles. The summed E-state index contributed by atoms with van der Waals surface area (Å²) in [5.74, 6) is -1.98. The normalized spacial score (nSPS) is 27.4. The van der Waals surface area contributed by atoms with Gasteiger partial charge in [-0.1, -0.05) is 42.8 Å². The summed E-state index contributed by atoms with van der Waals surface area (Å²) >= 11 is 0. The maximum absolute atomic E-state index is 14.6. The molecule has 3 aliphatic rings. The fourth-order valence-corrected chi connectivity index (χ4v) is 4.79. The maximum atomic E-state index is 14.6. The Balaban J connectivity index is 1.26. The number of likely N-dealkylation sites (tertiary alicyclic amines) is 1. The highest BCUT2D eigenvalue weighted by Crippen LogP contribution is 2.53. The van der Waals surface area contributed by atoms with Gasteiger partial charge in [0.15, 0.2) is 5.79 Å². The Morgan fingerprint density at radius 2 is 1.77 bits per heavy atom. The molecule has 170 valence electrons. The van der Waals surface area contributed by atoms with Crippen LogP contribution < -0.4 is 0 Å². The Bertz CT molecular complexity index is 824. The van der Waals surface area contributed by atoms with Gasteiger partial charge >= 0.3 is 6.18 Å². The number of ether oxygens (including phenoxy) is 1. The van der Waals surface area contributed by atoms with Crippen molar-refractivity contribution in [3.63, 3.8) is 0 Å². The average molecular weight is 439 g/mol.